The molecule has 1 aliphatic rings. The van der Waals surface area contributed by atoms with Crippen LogP contribution < -0.4 is 9.64 Å². The van der Waals surface area contributed by atoms with E-state index in [1.54, 1.807) is 12.1 Å². The van der Waals surface area contributed by atoms with Crippen molar-refractivity contribution in [2.24, 2.45) is 0 Å². The van der Waals surface area contributed by atoms with E-state index >= 15 is 0 Å². The summed E-state index contributed by atoms with van der Waals surface area (Å²) >= 11 is 6.14. The lowest BCUT2D eigenvalue weighted by Gasteiger charge is -2.28. The van der Waals surface area contributed by atoms with Crippen LogP contribution in [0, 0.1) is 5.82 Å². The maximum absolute atomic E-state index is 13.7. The van der Waals surface area contributed by atoms with Crippen LogP contribution in [0.5, 0.6) is 5.75 Å². The second-order valence-corrected chi connectivity index (χ2v) is 7.58. The van der Waals surface area contributed by atoms with Crippen LogP contribution in [0.3, 0.4) is 0 Å². The lowest BCUT2D eigenvalue weighted by molar-refractivity contribution is -0.135. The smallest absolute Gasteiger partial charge is 0.351 e. The Morgan fingerprint density at radius 1 is 1.15 bits per heavy atom. The van der Waals surface area contributed by atoms with Gasteiger partial charge in [0.25, 0.3) is 0 Å². The van der Waals surface area contributed by atoms with Crippen molar-refractivity contribution < 1.29 is 27.1 Å². The van der Waals surface area contributed by atoms with Gasteiger partial charge in [0.1, 0.15) is 11.6 Å². The Hall–Kier alpha value is -2.58. The van der Waals surface area contributed by atoms with Gasteiger partial charge in [0.05, 0.1) is 29.8 Å². The zero-order valence-corrected chi connectivity index (χ0v) is 15.3. The average molecular weight is 398 g/mol. The molecule has 0 aromatic heterocycles. The second-order valence-electron chi connectivity index (χ2n) is 5.29. The molecule has 2 aromatic rings. The van der Waals surface area contributed by atoms with Crippen molar-refractivity contribution in [3.8, 4) is 5.75 Å². The quantitative estimate of drug-likeness (QED) is 0.739. The summed E-state index contributed by atoms with van der Waals surface area (Å²) in [7, 11) is -1.71. The van der Waals surface area contributed by atoms with Crippen molar-refractivity contribution in [1.29, 1.82) is 0 Å². The number of esters is 1. The molecule has 0 N–H and O–H groups in total. The summed E-state index contributed by atoms with van der Waals surface area (Å²) < 4.78 is 48.7. The highest BCUT2D eigenvalue weighted by Crippen LogP contribution is 2.41. The molecule has 6 nitrogen and oxygen atoms in total. The van der Waals surface area contributed by atoms with Gasteiger partial charge >= 0.3 is 5.97 Å². The van der Waals surface area contributed by atoms with Crippen LogP contribution in [-0.2, 0) is 19.4 Å². The number of carbonyl (C=O) groups excluding carboxylic acids is 1. The van der Waals surface area contributed by atoms with Gasteiger partial charge in [-0.15, -0.1) is 0 Å². The molecule has 136 valence electrons. The third-order valence-electron chi connectivity index (χ3n) is 3.81. The van der Waals surface area contributed by atoms with Gasteiger partial charge in [0, 0.05) is 11.9 Å². The van der Waals surface area contributed by atoms with Crippen LogP contribution in [0.25, 0.3) is 0 Å². The van der Waals surface area contributed by atoms with Crippen LogP contribution in [0.15, 0.2) is 52.4 Å². The third kappa shape index (κ3) is 2.91. The summed E-state index contributed by atoms with van der Waals surface area (Å²) in [6.45, 7) is 0. The van der Waals surface area contributed by atoms with Gasteiger partial charge in [0.2, 0.25) is 9.84 Å². The predicted molar refractivity (Wildman–Crippen MR) is 93.8 cm³/mol. The van der Waals surface area contributed by atoms with E-state index in [1.807, 2.05) is 0 Å². The van der Waals surface area contributed by atoms with Crippen molar-refractivity contribution >= 4 is 38.8 Å². The van der Waals surface area contributed by atoms with Crippen molar-refractivity contribution in [1.82, 2.24) is 0 Å². The van der Waals surface area contributed by atoms with Crippen LogP contribution in [0.2, 0.25) is 5.02 Å². The van der Waals surface area contributed by atoms with E-state index in [1.165, 1.54) is 24.1 Å². The Labute approximate surface area is 154 Å². The van der Waals surface area contributed by atoms with E-state index < -0.39 is 26.5 Å². The minimum atomic E-state index is -4.23. The van der Waals surface area contributed by atoms with Crippen molar-refractivity contribution in [3.05, 3.63) is 58.3 Å². The lowest BCUT2D eigenvalue weighted by Crippen LogP contribution is -2.26. The Morgan fingerprint density at radius 2 is 1.88 bits per heavy atom. The minimum Gasteiger partial charge on any atom is -0.495 e. The SMILES string of the molecule is COC(=O)C1=CN(c2ccc(OC)c(Cl)c2)c2ccc(F)cc2S1(=O)=O. The Bertz CT molecular complexity index is 1040. The van der Waals surface area contributed by atoms with Gasteiger partial charge in [-0.3, -0.25) is 0 Å². The standard InChI is InChI=1S/C17H13ClFNO5S/c1-24-14-6-4-11(8-12(14)18)20-9-16(17(21)25-2)26(22,23)15-7-10(19)3-5-13(15)20/h3-9H,1-2H3. The molecule has 0 radical (unpaired) electrons. The number of hydrogen-bond donors (Lipinski definition) is 0. The number of carbonyl (C=O) groups is 1. The largest absolute Gasteiger partial charge is 0.495 e. The number of halogens is 2. The molecule has 0 saturated heterocycles. The van der Waals surface area contributed by atoms with Gasteiger partial charge in [-0.1, -0.05) is 11.6 Å². The number of rotatable bonds is 3. The van der Waals surface area contributed by atoms with Crippen LogP contribution in [0.4, 0.5) is 15.8 Å². The van der Waals surface area contributed by atoms with E-state index in [0.29, 0.717) is 11.4 Å². The zero-order chi connectivity index (χ0) is 19.1. The lowest BCUT2D eigenvalue weighted by atomic mass is 10.2. The van der Waals surface area contributed by atoms with E-state index in [2.05, 4.69) is 4.74 Å². The molecule has 0 bridgehead atoms. The molecule has 2 aromatic carbocycles. The zero-order valence-electron chi connectivity index (χ0n) is 13.7. The molecule has 0 aliphatic carbocycles. The third-order valence-corrected chi connectivity index (χ3v) is 5.86. The number of hydrogen-bond acceptors (Lipinski definition) is 6. The van der Waals surface area contributed by atoms with Crippen LogP contribution in [-0.4, -0.2) is 28.6 Å². The normalized spacial score (nSPS) is 15.1. The summed E-state index contributed by atoms with van der Waals surface area (Å²) in [5, 5.41) is 0.287. The summed E-state index contributed by atoms with van der Waals surface area (Å²) in [6, 6.07) is 8.06. The summed E-state index contributed by atoms with van der Waals surface area (Å²) in [5.74, 6) is -1.37. The molecule has 1 heterocycles. The Balaban J connectivity index is 2.27. The molecule has 0 amide bonds. The number of ether oxygens (including phenoxy) is 2. The second kappa shape index (κ2) is 6.62. The predicted octanol–water partition coefficient (Wildman–Crippen LogP) is 3.43. The van der Waals surface area contributed by atoms with Crippen LogP contribution >= 0.6 is 11.6 Å². The molecule has 0 saturated carbocycles. The van der Waals surface area contributed by atoms with Gasteiger partial charge in [-0.25, -0.2) is 17.6 Å². The van der Waals surface area contributed by atoms with E-state index in [0.717, 1.165) is 25.4 Å². The average Bonchev–Trinajstić information content (AvgIpc) is 2.61. The van der Waals surface area contributed by atoms with Crippen molar-refractivity contribution in [2.75, 3.05) is 19.1 Å². The number of nitrogens with zero attached hydrogens (tertiary/aromatic N) is 1. The fourth-order valence-electron chi connectivity index (χ4n) is 2.56. The molecule has 26 heavy (non-hydrogen) atoms. The first-order chi connectivity index (χ1) is 12.3. The number of sulfone groups is 1. The first kappa shape index (κ1) is 18.2. The highest BCUT2D eigenvalue weighted by molar-refractivity contribution is 7.96. The highest BCUT2D eigenvalue weighted by atomic mass is 35.5. The fraction of sp³-hybridized carbons (Fsp3) is 0.118. The molecule has 0 fully saturated rings. The van der Waals surface area contributed by atoms with Gasteiger partial charge < -0.3 is 14.4 Å². The fourth-order valence-corrected chi connectivity index (χ4v) is 4.30. The summed E-state index contributed by atoms with van der Waals surface area (Å²) in [6.07, 6.45) is 1.12. The topological polar surface area (TPSA) is 72.9 Å². The maximum Gasteiger partial charge on any atom is 0.351 e. The van der Waals surface area contributed by atoms with E-state index in [9.17, 15) is 17.6 Å². The highest BCUT2D eigenvalue weighted by Gasteiger charge is 2.37. The molecule has 0 atom stereocenters. The number of fused-ring (bicyclic) bond motifs is 1. The number of methoxy groups -OCH3 is 2. The summed E-state index contributed by atoms with van der Waals surface area (Å²) in [5.41, 5.74) is 0.639. The van der Waals surface area contributed by atoms with E-state index in [-0.39, 0.29) is 15.6 Å². The summed E-state index contributed by atoms with van der Waals surface area (Å²) in [4.78, 5) is 12.5. The Kier molecular flexibility index (Phi) is 4.64. The Morgan fingerprint density at radius 3 is 2.50 bits per heavy atom. The monoisotopic (exact) mass is 397 g/mol. The molecular weight excluding hydrogens is 385 g/mol. The minimum absolute atomic E-state index is 0.181. The molecule has 1 aliphatic heterocycles. The van der Waals surface area contributed by atoms with Crippen molar-refractivity contribution in [2.45, 2.75) is 4.90 Å². The molecule has 3 rings (SSSR count). The van der Waals surface area contributed by atoms with Gasteiger partial charge in [0.15, 0.2) is 4.91 Å². The molecule has 0 spiro atoms. The molecular formula is C17H13ClFNO5S. The number of benzene rings is 2. The first-order valence-electron chi connectivity index (χ1n) is 7.27. The van der Waals surface area contributed by atoms with E-state index in [4.69, 9.17) is 16.3 Å². The van der Waals surface area contributed by atoms with Crippen molar-refractivity contribution in [3.63, 3.8) is 0 Å². The molecule has 9 heteroatoms. The molecule has 0 unspecified atom stereocenters. The van der Waals surface area contributed by atoms with Gasteiger partial charge in [-0.05, 0) is 36.4 Å². The first-order valence-corrected chi connectivity index (χ1v) is 9.13. The van der Waals surface area contributed by atoms with Gasteiger partial charge in [-0.2, -0.15) is 0 Å². The van der Waals surface area contributed by atoms with Crippen LogP contribution in [0.1, 0.15) is 0 Å². The number of anilines is 2. The maximum atomic E-state index is 13.7.